The van der Waals surface area contributed by atoms with E-state index in [2.05, 4.69) is 67.0 Å². The van der Waals surface area contributed by atoms with Crippen molar-refractivity contribution in [3.05, 3.63) is 95.8 Å². The third-order valence-electron chi connectivity index (χ3n) is 5.33. The predicted octanol–water partition coefficient (Wildman–Crippen LogP) is 3.76. The third kappa shape index (κ3) is 4.00. The Morgan fingerprint density at radius 3 is 2.77 bits per heavy atom. The van der Waals surface area contributed by atoms with Crippen LogP contribution >= 0.6 is 0 Å². The van der Waals surface area contributed by atoms with Gasteiger partial charge in [0.25, 0.3) is 0 Å². The fraction of sp³-hybridized carbons (Fsp3) is 0.174. The van der Waals surface area contributed by atoms with E-state index < -0.39 is 0 Å². The molecule has 0 saturated carbocycles. The summed E-state index contributed by atoms with van der Waals surface area (Å²) in [6.07, 6.45) is 6.28. The van der Waals surface area contributed by atoms with Crippen molar-refractivity contribution in [3.63, 3.8) is 0 Å². The Morgan fingerprint density at radius 1 is 1.06 bits per heavy atom. The van der Waals surface area contributed by atoms with E-state index >= 15 is 0 Å². The lowest BCUT2D eigenvalue weighted by Crippen LogP contribution is -2.19. The van der Waals surface area contributed by atoms with Crippen LogP contribution in [0.2, 0.25) is 0 Å². The summed E-state index contributed by atoms with van der Waals surface area (Å²) in [4.78, 5) is 11.7. The summed E-state index contributed by atoms with van der Waals surface area (Å²) in [6.45, 7) is 2.69. The summed E-state index contributed by atoms with van der Waals surface area (Å²) in [7, 11) is 0. The first kappa shape index (κ1) is 18.9. The van der Waals surface area contributed by atoms with Gasteiger partial charge in [-0.1, -0.05) is 37.3 Å². The number of fused-ring (bicyclic) bond motifs is 1. The third-order valence-corrected chi connectivity index (χ3v) is 5.33. The fourth-order valence-electron chi connectivity index (χ4n) is 3.63. The maximum Gasteiger partial charge on any atom is 0.178 e. The Balaban J connectivity index is 1.53. The van der Waals surface area contributed by atoms with Crippen molar-refractivity contribution in [2.75, 3.05) is 5.32 Å². The van der Waals surface area contributed by atoms with Crippen molar-refractivity contribution in [2.45, 2.75) is 25.9 Å². The Bertz CT molecular complexity index is 1270. The van der Waals surface area contributed by atoms with E-state index in [0.717, 1.165) is 40.1 Å². The van der Waals surface area contributed by atoms with Crippen LogP contribution in [0.25, 0.3) is 11.0 Å². The van der Waals surface area contributed by atoms with Crippen LogP contribution < -0.4 is 5.32 Å². The highest BCUT2D eigenvalue weighted by Crippen LogP contribution is 2.27. The van der Waals surface area contributed by atoms with Gasteiger partial charge in [0.2, 0.25) is 0 Å². The summed E-state index contributed by atoms with van der Waals surface area (Å²) >= 11 is 0. The minimum atomic E-state index is -0.228. The van der Waals surface area contributed by atoms with E-state index in [1.165, 1.54) is 5.56 Å². The highest BCUT2D eigenvalue weighted by atomic mass is 15.5. The summed E-state index contributed by atoms with van der Waals surface area (Å²) < 4.78 is 1.81. The van der Waals surface area contributed by atoms with Crippen LogP contribution in [0.3, 0.4) is 0 Å². The molecule has 3 heterocycles. The SMILES string of the molecule is CCc1ccc(C(Nc2ccc3[nH]cnc3c2)c2nnnn2Cc2cccnc2)cc1. The van der Waals surface area contributed by atoms with Crippen LogP contribution in [0, 0.1) is 0 Å². The van der Waals surface area contributed by atoms with Gasteiger partial charge in [-0.2, -0.15) is 0 Å². The van der Waals surface area contributed by atoms with Gasteiger partial charge in [-0.25, -0.2) is 9.67 Å². The normalized spacial score (nSPS) is 12.2. The lowest BCUT2D eigenvalue weighted by molar-refractivity contribution is 0.606. The van der Waals surface area contributed by atoms with Crippen LogP contribution in [-0.4, -0.2) is 35.2 Å². The first-order valence-corrected chi connectivity index (χ1v) is 10.2. The first-order valence-electron chi connectivity index (χ1n) is 10.2. The number of tetrazole rings is 1. The van der Waals surface area contributed by atoms with Gasteiger partial charge in [-0.3, -0.25) is 4.98 Å². The summed E-state index contributed by atoms with van der Waals surface area (Å²) in [5.41, 5.74) is 6.25. The molecule has 0 aliphatic carbocycles. The van der Waals surface area contributed by atoms with Gasteiger partial charge in [-0.05, 0) is 57.8 Å². The van der Waals surface area contributed by atoms with Crippen molar-refractivity contribution in [2.24, 2.45) is 0 Å². The van der Waals surface area contributed by atoms with Crippen molar-refractivity contribution in [1.82, 2.24) is 35.2 Å². The van der Waals surface area contributed by atoms with Gasteiger partial charge in [0.1, 0.15) is 6.04 Å². The number of imidazole rings is 1. The highest BCUT2D eigenvalue weighted by Gasteiger charge is 2.22. The molecule has 1 unspecified atom stereocenters. The number of hydrogen-bond acceptors (Lipinski definition) is 6. The number of hydrogen-bond donors (Lipinski definition) is 2. The van der Waals surface area contributed by atoms with Gasteiger partial charge in [-0.15, -0.1) is 5.10 Å². The van der Waals surface area contributed by atoms with Gasteiger partial charge in [0.05, 0.1) is 23.9 Å². The molecule has 2 N–H and O–H groups in total. The van der Waals surface area contributed by atoms with Gasteiger partial charge in [0.15, 0.2) is 5.82 Å². The number of aromatic nitrogens is 7. The Morgan fingerprint density at radius 2 is 1.97 bits per heavy atom. The molecule has 0 amide bonds. The maximum absolute atomic E-state index is 4.38. The van der Waals surface area contributed by atoms with E-state index in [1.54, 1.807) is 12.5 Å². The van der Waals surface area contributed by atoms with Crippen molar-refractivity contribution in [3.8, 4) is 0 Å². The molecule has 3 aromatic heterocycles. The summed E-state index contributed by atoms with van der Waals surface area (Å²) in [5, 5.41) is 16.2. The minimum absolute atomic E-state index is 0.228. The summed E-state index contributed by atoms with van der Waals surface area (Å²) in [6, 6.07) is 18.3. The number of anilines is 1. The van der Waals surface area contributed by atoms with Crippen molar-refractivity contribution < 1.29 is 0 Å². The smallest absolute Gasteiger partial charge is 0.178 e. The predicted molar refractivity (Wildman–Crippen MR) is 119 cm³/mol. The fourth-order valence-corrected chi connectivity index (χ4v) is 3.63. The van der Waals surface area contributed by atoms with Crippen LogP contribution in [0.15, 0.2) is 73.3 Å². The topological polar surface area (TPSA) is 97.2 Å². The zero-order chi connectivity index (χ0) is 21.0. The van der Waals surface area contributed by atoms with E-state index in [4.69, 9.17) is 0 Å². The number of H-pyrrole nitrogens is 1. The second-order valence-corrected chi connectivity index (χ2v) is 7.36. The molecule has 0 radical (unpaired) electrons. The van der Waals surface area contributed by atoms with Crippen LogP contribution in [0.1, 0.15) is 35.5 Å². The Hall–Kier alpha value is -4.07. The lowest BCUT2D eigenvalue weighted by atomic mass is 10.0. The molecule has 0 fully saturated rings. The molecule has 1 atom stereocenters. The number of benzene rings is 2. The zero-order valence-electron chi connectivity index (χ0n) is 17.1. The van der Waals surface area contributed by atoms with Crippen molar-refractivity contribution in [1.29, 1.82) is 0 Å². The number of aryl methyl sites for hydroxylation is 1. The summed E-state index contributed by atoms with van der Waals surface area (Å²) in [5.74, 6) is 0.732. The van der Waals surface area contributed by atoms with Crippen LogP contribution in [-0.2, 0) is 13.0 Å². The molecule has 5 aromatic rings. The number of aromatic amines is 1. The second-order valence-electron chi connectivity index (χ2n) is 7.36. The molecular formula is C23H22N8. The molecule has 31 heavy (non-hydrogen) atoms. The monoisotopic (exact) mass is 410 g/mol. The number of rotatable bonds is 7. The standard InChI is InChI=1S/C23H22N8/c1-2-16-5-7-18(8-6-16)22(27-19-9-10-20-21(12-19)26-15-25-20)23-28-29-30-31(23)14-17-4-3-11-24-13-17/h3-13,15,22,27H,2,14H2,1H3,(H,25,26). The van der Waals surface area contributed by atoms with Gasteiger partial charge >= 0.3 is 0 Å². The Kier molecular flexibility index (Phi) is 5.10. The molecule has 8 heteroatoms. The molecular weight excluding hydrogens is 388 g/mol. The van der Waals surface area contributed by atoms with E-state index in [-0.39, 0.29) is 6.04 Å². The van der Waals surface area contributed by atoms with Gasteiger partial charge < -0.3 is 10.3 Å². The molecule has 8 nitrogen and oxygen atoms in total. The average Bonchev–Trinajstić information content (AvgIpc) is 3.47. The number of nitrogens with one attached hydrogen (secondary N) is 2. The zero-order valence-corrected chi connectivity index (χ0v) is 17.1. The number of nitrogens with zero attached hydrogens (tertiary/aromatic N) is 6. The van der Waals surface area contributed by atoms with Crippen LogP contribution in [0.4, 0.5) is 5.69 Å². The molecule has 154 valence electrons. The molecule has 0 bridgehead atoms. The minimum Gasteiger partial charge on any atom is -0.371 e. The average molecular weight is 410 g/mol. The Labute approximate surface area is 179 Å². The van der Waals surface area contributed by atoms with E-state index in [9.17, 15) is 0 Å². The molecule has 0 spiro atoms. The number of pyridine rings is 1. The molecule has 2 aromatic carbocycles. The quantitative estimate of drug-likeness (QED) is 0.424. The lowest BCUT2D eigenvalue weighted by Gasteiger charge is -2.20. The second kappa shape index (κ2) is 8.35. The highest BCUT2D eigenvalue weighted by molar-refractivity contribution is 5.78. The molecule has 0 aliphatic heterocycles. The maximum atomic E-state index is 4.38. The first-order chi connectivity index (χ1) is 15.3. The molecule has 5 rings (SSSR count). The molecule has 0 saturated heterocycles. The largest absolute Gasteiger partial charge is 0.371 e. The van der Waals surface area contributed by atoms with Crippen LogP contribution in [0.5, 0.6) is 0 Å². The van der Waals surface area contributed by atoms with Gasteiger partial charge in [0, 0.05) is 18.1 Å². The van der Waals surface area contributed by atoms with Crippen molar-refractivity contribution >= 4 is 16.7 Å². The van der Waals surface area contributed by atoms with E-state index in [0.29, 0.717) is 6.54 Å². The molecule has 0 aliphatic rings. The van der Waals surface area contributed by atoms with E-state index in [1.807, 2.05) is 41.2 Å².